The summed E-state index contributed by atoms with van der Waals surface area (Å²) < 4.78 is 6.85. The Morgan fingerprint density at radius 2 is 1.30 bits per heavy atom. The number of hydrogen-bond acceptors (Lipinski definition) is 4. The predicted molar refractivity (Wildman–Crippen MR) is 286 cm³/mol. The molecule has 1 aliphatic carbocycles. The third-order valence-corrected chi connectivity index (χ3v) is 15.3. The fourth-order valence-corrected chi connectivity index (χ4v) is 11.5. The Kier molecular flexibility index (Phi) is 10.6. The number of aryl methyl sites for hydroxylation is 3. The number of hydrogen-bond donors (Lipinski definition) is 0. The van der Waals surface area contributed by atoms with E-state index in [4.69, 9.17) is 9.40 Å². The molecular weight excluding hydrogens is 814 g/mol. The van der Waals surface area contributed by atoms with Crippen molar-refractivity contribution in [2.45, 2.75) is 124 Å². The first kappa shape index (κ1) is 43.3. The summed E-state index contributed by atoms with van der Waals surface area (Å²) in [7, 11) is 0. The molecule has 336 valence electrons. The van der Waals surface area contributed by atoms with Gasteiger partial charge >= 0.3 is 0 Å². The highest BCUT2D eigenvalue weighted by molar-refractivity contribution is 7.00. The smallest absolute Gasteiger partial charge is 0.252 e. The van der Waals surface area contributed by atoms with Gasteiger partial charge in [-0.2, -0.15) is 0 Å². The van der Waals surface area contributed by atoms with Crippen LogP contribution >= 0.6 is 0 Å². The number of nitrogens with zero attached hydrogens (tertiary/aromatic N) is 3. The maximum absolute atomic E-state index is 6.85. The average molecular weight is 878 g/mol. The van der Waals surface area contributed by atoms with Crippen LogP contribution in [-0.4, -0.2) is 11.7 Å². The summed E-state index contributed by atoms with van der Waals surface area (Å²) >= 11 is 0. The van der Waals surface area contributed by atoms with Crippen molar-refractivity contribution in [1.82, 2.24) is 4.98 Å². The summed E-state index contributed by atoms with van der Waals surface area (Å²) in [5.74, 6) is 1.23. The van der Waals surface area contributed by atoms with Crippen molar-refractivity contribution < 1.29 is 4.42 Å². The minimum Gasteiger partial charge on any atom is -0.436 e. The number of anilines is 6. The fraction of sp³-hybridized carbons (Fsp3) is 0.306. The Bertz CT molecular complexity index is 3170. The first-order valence-electron chi connectivity index (χ1n) is 25.0. The summed E-state index contributed by atoms with van der Waals surface area (Å²) in [6.45, 7) is 20.9. The van der Waals surface area contributed by atoms with E-state index in [0.717, 1.165) is 28.8 Å². The monoisotopic (exact) mass is 878 g/mol. The maximum Gasteiger partial charge on any atom is 0.252 e. The largest absolute Gasteiger partial charge is 0.436 e. The van der Waals surface area contributed by atoms with Crippen LogP contribution in [0.25, 0.3) is 33.7 Å². The molecule has 1 aromatic heterocycles. The summed E-state index contributed by atoms with van der Waals surface area (Å²) in [6.07, 6.45) is 8.36. The molecule has 1 atom stereocenters. The van der Waals surface area contributed by atoms with E-state index in [1.807, 2.05) is 0 Å². The average Bonchev–Trinajstić information content (AvgIpc) is 3.74. The molecule has 0 spiro atoms. The lowest BCUT2D eigenvalue weighted by atomic mass is 9.33. The third-order valence-electron chi connectivity index (χ3n) is 15.3. The first-order chi connectivity index (χ1) is 32.3. The summed E-state index contributed by atoms with van der Waals surface area (Å²) in [6, 6.07) is 51.0. The summed E-state index contributed by atoms with van der Waals surface area (Å²) in [5.41, 5.74) is 24.4. The van der Waals surface area contributed by atoms with Gasteiger partial charge in [-0.1, -0.05) is 139 Å². The van der Waals surface area contributed by atoms with Gasteiger partial charge in [0.05, 0.1) is 0 Å². The Balaban J connectivity index is 1.16. The molecule has 0 radical (unpaired) electrons. The first-order valence-corrected chi connectivity index (χ1v) is 25.0. The van der Waals surface area contributed by atoms with Crippen LogP contribution in [0.4, 0.5) is 34.1 Å². The van der Waals surface area contributed by atoms with Crippen molar-refractivity contribution in [2.24, 2.45) is 0 Å². The van der Waals surface area contributed by atoms with E-state index in [1.165, 1.54) is 128 Å². The molecule has 3 aliphatic rings. The van der Waals surface area contributed by atoms with Gasteiger partial charge in [0.2, 0.25) is 5.89 Å². The number of fused-ring (bicyclic) bond motifs is 6. The van der Waals surface area contributed by atoms with Crippen molar-refractivity contribution in [3.63, 3.8) is 0 Å². The van der Waals surface area contributed by atoms with Crippen molar-refractivity contribution in [3.8, 4) is 22.6 Å². The van der Waals surface area contributed by atoms with Gasteiger partial charge < -0.3 is 14.2 Å². The molecule has 4 nitrogen and oxygen atoms in total. The quantitative estimate of drug-likeness (QED) is 0.135. The van der Waals surface area contributed by atoms with E-state index < -0.39 is 0 Å². The molecule has 0 bridgehead atoms. The Morgan fingerprint density at radius 3 is 1.99 bits per heavy atom. The molecule has 11 rings (SSSR count). The Morgan fingerprint density at radius 1 is 0.657 bits per heavy atom. The van der Waals surface area contributed by atoms with Gasteiger partial charge in [0.25, 0.3) is 6.71 Å². The van der Waals surface area contributed by atoms with Crippen molar-refractivity contribution in [2.75, 3.05) is 9.80 Å². The van der Waals surface area contributed by atoms with E-state index in [2.05, 4.69) is 206 Å². The highest BCUT2D eigenvalue weighted by atomic mass is 16.3. The molecule has 0 amide bonds. The number of unbranched alkanes of at least 4 members (excludes halogenated alkanes) is 1. The van der Waals surface area contributed by atoms with Crippen molar-refractivity contribution in [3.05, 3.63) is 167 Å². The van der Waals surface area contributed by atoms with Gasteiger partial charge in [-0.15, -0.1) is 0 Å². The third kappa shape index (κ3) is 7.50. The van der Waals surface area contributed by atoms with Gasteiger partial charge in [-0.3, -0.25) is 0 Å². The summed E-state index contributed by atoms with van der Waals surface area (Å²) in [5, 5.41) is 0. The molecule has 0 fully saturated rings. The van der Waals surface area contributed by atoms with Crippen LogP contribution in [0.3, 0.4) is 0 Å². The molecule has 0 saturated carbocycles. The van der Waals surface area contributed by atoms with Crippen LogP contribution in [0.5, 0.6) is 0 Å². The predicted octanol–water partition coefficient (Wildman–Crippen LogP) is 15.5. The number of oxazole rings is 1. The Hall–Kier alpha value is -6.33. The fourth-order valence-electron chi connectivity index (χ4n) is 11.5. The van der Waals surface area contributed by atoms with Crippen molar-refractivity contribution >= 4 is 68.3 Å². The lowest BCUT2D eigenvalue weighted by Gasteiger charge is -2.45. The molecular formula is C62H64BN3O. The number of aromatic nitrogens is 1. The zero-order chi connectivity index (χ0) is 46.4. The second-order valence-electron chi connectivity index (χ2n) is 21.6. The highest BCUT2D eigenvalue weighted by Crippen LogP contribution is 2.50. The van der Waals surface area contributed by atoms with Gasteiger partial charge in [-0.05, 0) is 179 Å². The molecule has 1 unspecified atom stereocenters. The molecule has 0 saturated heterocycles. The molecule has 67 heavy (non-hydrogen) atoms. The van der Waals surface area contributed by atoms with Gasteiger partial charge in [0.15, 0.2) is 5.58 Å². The zero-order valence-corrected chi connectivity index (χ0v) is 41.1. The number of rotatable bonds is 9. The molecule has 7 aromatic carbocycles. The lowest BCUT2D eigenvalue weighted by molar-refractivity contribution is 0.380. The van der Waals surface area contributed by atoms with Gasteiger partial charge in [0, 0.05) is 39.7 Å². The van der Waals surface area contributed by atoms with Crippen LogP contribution in [0.2, 0.25) is 0 Å². The number of benzene rings is 7. The Labute approximate surface area is 399 Å². The summed E-state index contributed by atoms with van der Waals surface area (Å²) in [4.78, 5) is 10.4. The minimum absolute atomic E-state index is 0.0324. The van der Waals surface area contributed by atoms with Crippen LogP contribution < -0.4 is 26.2 Å². The second kappa shape index (κ2) is 16.5. The maximum atomic E-state index is 6.85. The van der Waals surface area contributed by atoms with Crippen LogP contribution in [-0.2, 0) is 17.3 Å². The zero-order valence-electron chi connectivity index (χ0n) is 41.1. The van der Waals surface area contributed by atoms with Crippen LogP contribution in [0, 0.1) is 13.8 Å². The molecule has 5 heteroatoms. The molecule has 2 aliphatic heterocycles. The molecule has 3 heterocycles. The van der Waals surface area contributed by atoms with Crippen molar-refractivity contribution in [1.29, 1.82) is 0 Å². The van der Waals surface area contributed by atoms with E-state index in [9.17, 15) is 0 Å². The molecule has 0 N–H and O–H groups in total. The second-order valence-corrected chi connectivity index (χ2v) is 21.6. The lowest BCUT2D eigenvalue weighted by Crippen LogP contribution is -2.61. The van der Waals surface area contributed by atoms with Gasteiger partial charge in [0.1, 0.15) is 5.52 Å². The van der Waals surface area contributed by atoms with Crippen LogP contribution in [0.1, 0.15) is 126 Å². The van der Waals surface area contributed by atoms with Gasteiger partial charge in [-0.25, -0.2) is 4.98 Å². The van der Waals surface area contributed by atoms with E-state index in [1.54, 1.807) is 0 Å². The normalized spacial score (nSPS) is 15.9. The van der Waals surface area contributed by atoms with E-state index in [0.29, 0.717) is 11.8 Å². The standard InChI is InChI=1S/C62H64BN3O/c1-10-12-14-41-18-26-47(27-19-41)65-54-30-17-40(4)33-51(54)63-52-37-58-53(64-60(67-58)45-24-22-43(23-25-45)42-20-15-39(3)16-21-42)38-55(52)66(57-35-46(61(5,6)7)34-56(65)59(57)63)48-28-29-49-44(13-11-2)31-32-62(8,9)50(49)36-48/h15-30,33-38,44H,10-14,31-32H2,1-9H3. The highest BCUT2D eigenvalue weighted by Gasteiger charge is 2.45. The van der Waals surface area contributed by atoms with Crippen LogP contribution in [0.15, 0.2) is 138 Å². The topological polar surface area (TPSA) is 32.5 Å². The minimum atomic E-state index is -0.110. The SMILES string of the molecule is CCCCc1ccc(N2c3ccc(C)cc3B3c4cc5oc(-c6ccc(-c7ccc(C)cc7)cc6)nc5cc4N(c4ccc5c(c4)C(C)(C)CCC5CCC)c4cc(C(C)(C)C)cc2c43)cc1. The van der Waals surface area contributed by atoms with E-state index in [-0.39, 0.29) is 17.5 Å². The molecule has 8 aromatic rings. The van der Waals surface area contributed by atoms with E-state index >= 15 is 0 Å².